The lowest BCUT2D eigenvalue weighted by atomic mass is 10.0. The maximum absolute atomic E-state index is 5.73. The number of hydrogen-bond acceptors (Lipinski definition) is 4. The summed E-state index contributed by atoms with van der Waals surface area (Å²) in [5, 5.41) is 0. The van der Waals surface area contributed by atoms with E-state index in [1.54, 1.807) is 0 Å². The summed E-state index contributed by atoms with van der Waals surface area (Å²) in [4.78, 5) is 6.42. The van der Waals surface area contributed by atoms with Crippen molar-refractivity contribution in [2.75, 3.05) is 26.7 Å². The van der Waals surface area contributed by atoms with Crippen LogP contribution in [0.3, 0.4) is 0 Å². The number of nitrogens with two attached hydrogens (primary N) is 1. The second-order valence-corrected chi connectivity index (χ2v) is 4.00. The molecule has 0 aromatic carbocycles. The van der Waals surface area contributed by atoms with E-state index in [0.29, 0.717) is 6.54 Å². The zero-order valence-electron chi connectivity index (χ0n) is 9.26. The molecule has 2 heterocycles. The minimum Gasteiger partial charge on any atom is -0.374 e. The van der Waals surface area contributed by atoms with Gasteiger partial charge in [0, 0.05) is 26.3 Å². The van der Waals surface area contributed by atoms with E-state index in [9.17, 15) is 0 Å². The molecule has 15 heavy (non-hydrogen) atoms. The zero-order valence-corrected chi connectivity index (χ0v) is 9.26. The number of hydrogen-bond donors (Lipinski definition) is 1. The average Bonchev–Trinajstić information content (AvgIpc) is 2.64. The molecule has 2 rings (SSSR count). The first-order chi connectivity index (χ1) is 7.24. The number of morpholine rings is 1. The van der Waals surface area contributed by atoms with Crippen LogP contribution in [0.2, 0.25) is 0 Å². The van der Waals surface area contributed by atoms with Crippen molar-refractivity contribution in [3.8, 4) is 0 Å². The van der Waals surface area contributed by atoms with Crippen molar-refractivity contribution in [1.82, 2.24) is 14.5 Å². The average molecular weight is 210 g/mol. The quantitative estimate of drug-likeness (QED) is 0.731. The molecule has 1 aliphatic rings. The van der Waals surface area contributed by atoms with Crippen molar-refractivity contribution in [3.63, 3.8) is 0 Å². The van der Waals surface area contributed by atoms with Crippen LogP contribution in [-0.2, 0) is 11.8 Å². The maximum Gasteiger partial charge on any atom is 0.0946 e. The van der Waals surface area contributed by atoms with Crippen molar-refractivity contribution in [1.29, 1.82) is 0 Å². The number of rotatable bonds is 2. The molecule has 5 heteroatoms. The monoisotopic (exact) mass is 210 g/mol. The third-order valence-corrected chi connectivity index (χ3v) is 2.99. The van der Waals surface area contributed by atoms with Gasteiger partial charge < -0.3 is 15.0 Å². The van der Waals surface area contributed by atoms with Gasteiger partial charge in [-0.15, -0.1) is 0 Å². The van der Waals surface area contributed by atoms with Crippen LogP contribution in [0.25, 0.3) is 0 Å². The van der Waals surface area contributed by atoms with E-state index >= 15 is 0 Å². The summed E-state index contributed by atoms with van der Waals surface area (Å²) >= 11 is 0. The summed E-state index contributed by atoms with van der Waals surface area (Å²) < 4.78 is 7.71. The maximum atomic E-state index is 5.73. The van der Waals surface area contributed by atoms with Gasteiger partial charge in [0.25, 0.3) is 0 Å². The molecule has 2 N–H and O–H groups in total. The Hall–Kier alpha value is -0.910. The van der Waals surface area contributed by atoms with E-state index < -0.39 is 0 Å². The standard InChI is InChI=1S/C10H18N4O/c1-13-3-4-15-9(5-11)10(13)8-6-12-7-14(8)2/h6-7,9-10H,3-5,11H2,1-2H3/t9-,10-/m0/s1. The van der Waals surface area contributed by atoms with Crippen LogP contribution in [-0.4, -0.2) is 47.3 Å². The van der Waals surface area contributed by atoms with Crippen molar-refractivity contribution in [2.45, 2.75) is 12.1 Å². The van der Waals surface area contributed by atoms with Crippen LogP contribution in [0.5, 0.6) is 0 Å². The molecule has 5 nitrogen and oxygen atoms in total. The van der Waals surface area contributed by atoms with E-state index in [1.165, 1.54) is 0 Å². The third-order valence-electron chi connectivity index (χ3n) is 2.99. The summed E-state index contributed by atoms with van der Waals surface area (Å²) in [5.74, 6) is 0. The van der Waals surface area contributed by atoms with Gasteiger partial charge in [0.15, 0.2) is 0 Å². The highest BCUT2D eigenvalue weighted by Crippen LogP contribution is 2.26. The number of nitrogens with zero attached hydrogens (tertiary/aromatic N) is 3. The first-order valence-electron chi connectivity index (χ1n) is 5.22. The predicted molar refractivity (Wildman–Crippen MR) is 57.4 cm³/mol. The number of aryl methyl sites for hydroxylation is 1. The molecule has 1 saturated heterocycles. The van der Waals surface area contributed by atoms with Gasteiger partial charge in [-0.3, -0.25) is 4.90 Å². The summed E-state index contributed by atoms with van der Waals surface area (Å²) in [6.45, 7) is 2.24. The molecule has 0 radical (unpaired) electrons. The van der Waals surface area contributed by atoms with Gasteiger partial charge >= 0.3 is 0 Å². The van der Waals surface area contributed by atoms with Crippen molar-refractivity contribution < 1.29 is 4.74 Å². The Morgan fingerprint density at radius 2 is 2.40 bits per heavy atom. The van der Waals surface area contributed by atoms with Crippen LogP contribution in [0.15, 0.2) is 12.5 Å². The highest BCUT2D eigenvalue weighted by molar-refractivity contribution is 5.09. The Morgan fingerprint density at radius 1 is 1.60 bits per heavy atom. The van der Waals surface area contributed by atoms with Crippen molar-refractivity contribution in [2.24, 2.45) is 12.8 Å². The fourth-order valence-corrected chi connectivity index (χ4v) is 2.13. The van der Waals surface area contributed by atoms with E-state index in [0.717, 1.165) is 18.8 Å². The number of imidazole rings is 1. The molecular weight excluding hydrogens is 192 g/mol. The Balaban J connectivity index is 2.27. The zero-order chi connectivity index (χ0) is 10.8. The molecule has 1 aromatic rings. The van der Waals surface area contributed by atoms with E-state index in [-0.39, 0.29) is 12.1 Å². The molecule has 0 spiro atoms. The van der Waals surface area contributed by atoms with E-state index in [4.69, 9.17) is 10.5 Å². The van der Waals surface area contributed by atoms with Crippen LogP contribution in [0.1, 0.15) is 11.7 Å². The summed E-state index contributed by atoms with van der Waals surface area (Å²) in [6, 6.07) is 0.219. The Bertz CT molecular complexity index is 325. The molecule has 0 unspecified atom stereocenters. The van der Waals surface area contributed by atoms with E-state index in [1.807, 2.05) is 24.1 Å². The number of likely N-dealkylation sites (N-methyl/N-ethyl adjacent to an activating group) is 1. The second kappa shape index (κ2) is 4.30. The van der Waals surface area contributed by atoms with Gasteiger partial charge in [-0.05, 0) is 7.05 Å². The Kier molecular flexibility index (Phi) is 3.04. The molecule has 84 valence electrons. The minimum atomic E-state index is 0.0687. The summed E-state index contributed by atoms with van der Waals surface area (Å²) in [7, 11) is 4.10. The molecule has 0 bridgehead atoms. The first kappa shape index (κ1) is 10.6. The van der Waals surface area contributed by atoms with Crippen LogP contribution in [0.4, 0.5) is 0 Å². The molecule has 2 atom stereocenters. The smallest absolute Gasteiger partial charge is 0.0946 e. The van der Waals surface area contributed by atoms with Gasteiger partial charge in [0.05, 0.1) is 30.8 Å². The SMILES string of the molecule is CN1CCO[C@@H](CN)[C@@H]1c1cncn1C. The molecule has 1 aromatic heterocycles. The molecule has 1 aliphatic heterocycles. The first-order valence-corrected chi connectivity index (χ1v) is 5.22. The lowest BCUT2D eigenvalue weighted by Crippen LogP contribution is -2.47. The lowest BCUT2D eigenvalue weighted by molar-refractivity contribution is -0.0598. The summed E-state index contributed by atoms with van der Waals surface area (Å²) in [6.07, 6.45) is 3.77. The van der Waals surface area contributed by atoms with Crippen LogP contribution < -0.4 is 5.73 Å². The van der Waals surface area contributed by atoms with Gasteiger partial charge in [0.2, 0.25) is 0 Å². The Labute approximate surface area is 89.8 Å². The predicted octanol–water partition coefficient (Wildman–Crippen LogP) is -0.249. The summed E-state index contributed by atoms with van der Waals surface area (Å²) in [5.41, 5.74) is 6.89. The molecule has 1 fully saturated rings. The third kappa shape index (κ3) is 1.90. The lowest BCUT2D eigenvalue weighted by Gasteiger charge is -2.38. The highest BCUT2D eigenvalue weighted by atomic mass is 16.5. The molecule has 0 saturated carbocycles. The fourth-order valence-electron chi connectivity index (χ4n) is 2.13. The number of aromatic nitrogens is 2. The van der Waals surface area contributed by atoms with Gasteiger partial charge in [-0.2, -0.15) is 0 Å². The molecule has 0 amide bonds. The largest absolute Gasteiger partial charge is 0.374 e. The highest BCUT2D eigenvalue weighted by Gasteiger charge is 2.32. The van der Waals surface area contributed by atoms with Crippen molar-refractivity contribution in [3.05, 3.63) is 18.2 Å². The van der Waals surface area contributed by atoms with Gasteiger partial charge in [-0.1, -0.05) is 0 Å². The normalized spacial score (nSPS) is 28.2. The minimum absolute atomic E-state index is 0.0687. The number of ether oxygens (including phenoxy) is 1. The van der Waals surface area contributed by atoms with Gasteiger partial charge in [0.1, 0.15) is 0 Å². The molecular formula is C10H18N4O. The van der Waals surface area contributed by atoms with Crippen molar-refractivity contribution >= 4 is 0 Å². The van der Waals surface area contributed by atoms with E-state index in [2.05, 4.69) is 16.9 Å². The fraction of sp³-hybridized carbons (Fsp3) is 0.700. The van der Waals surface area contributed by atoms with Gasteiger partial charge in [-0.25, -0.2) is 4.98 Å². The van der Waals surface area contributed by atoms with Crippen LogP contribution >= 0.6 is 0 Å². The Morgan fingerprint density at radius 3 is 3.00 bits per heavy atom. The second-order valence-electron chi connectivity index (χ2n) is 4.00. The van der Waals surface area contributed by atoms with Crippen LogP contribution in [0, 0.1) is 0 Å². The molecule has 0 aliphatic carbocycles. The topological polar surface area (TPSA) is 56.3 Å².